The van der Waals surface area contributed by atoms with E-state index in [1.165, 1.54) is 17.3 Å². The summed E-state index contributed by atoms with van der Waals surface area (Å²) in [5, 5.41) is 8.33. The molecular weight excluding hydrogens is 360 g/mol. The number of rotatable bonds is 5. The van der Waals surface area contributed by atoms with Crippen LogP contribution in [0.1, 0.15) is 17.2 Å². The molecule has 0 fully saturated rings. The number of amides is 1. The van der Waals surface area contributed by atoms with Crippen LogP contribution in [0.4, 0.5) is 5.95 Å². The Bertz CT molecular complexity index is 972. The number of carbonyl (C=O) groups excluding carboxylic acids is 1. The number of nitrogens with one attached hydrogen (secondary N) is 1. The molecule has 3 aromatic rings. The summed E-state index contributed by atoms with van der Waals surface area (Å²) < 4.78 is 1.72. The number of hydrogen-bond donors (Lipinski definition) is 2. The molecule has 7 nitrogen and oxygen atoms in total. The Morgan fingerprint density at radius 1 is 1.22 bits per heavy atom. The van der Waals surface area contributed by atoms with Gasteiger partial charge in [-0.05, 0) is 23.3 Å². The normalized spacial score (nSPS) is 18.6. The van der Waals surface area contributed by atoms with E-state index in [-0.39, 0.29) is 0 Å². The lowest BCUT2D eigenvalue weighted by Crippen LogP contribution is -2.40. The number of nitrogens with zero attached hydrogens (tertiary/aromatic N) is 4. The van der Waals surface area contributed by atoms with E-state index in [9.17, 15) is 4.79 Å². The highest BCUT2D eigenvalue weighted by molar-refractivity contribution is 7.98. The predicted molar refractivity (Wildman–Crippen MR) is 104 cm³/mol. The number of benzene rings is 1. The van der Waals surface area contributed by atoms with Crippen LogP contribution in [0, 0.1) is 5.92 Å². The zero-order valence-corrected chi connectivity index (χ0v) is 15.3. The topological polar surface area (TPSA) is 98.7 Å². The predicted octanol–water partition coefficient (Wildman–Crippen LogP) is 2.60. The molecule has 1 aromatic carbocycles. The van der Waals surface area contributed by atoms with Gasteiger partial charge >= 0.3 is 0 Å². The minimum Gasteiger partial charge on any atom is -0.369 e. The van der Waals surface area contributed by atoms with Gasteiger partial charge in [0, 0.05) is 23.8 Å². The maximum absolute atomic E-state index is 12.1. The Labute approximate surface area is 160 Å². The number of thioether (sulfide) groups is 1. The maximum atomic E-state index is 12.1. The molecule has 2 aromatic heterocycles. The van der Waals surface area contributed by atoms with Crippen molar-refractivity contribution in [1.82, 2.24) is 19.7 Å². The second-order valence-corrected chi connectivity index (χ2v) is 7.13. The molecule has 27 heavy (non-hydrogen) atoms. The molecule has 0 saturated carbocycles. The summed E-state index contributed by atoms with van der Waals surface area (Å²) in [7, 11) is 0. The number of primary amides is 1. The molecule has 0 bridgehead atoms. The molecule has 0 spiro atoms. The van der Waals surface area contributed by atoms with Crippen molar-refractivity contribution >= 4 is 23.6 Å². The first-order valence-corrected chi connectivity index (χ1v) is 9.40. The molecule has 0 saturated heterocycles. The molecule has 0 aliphatic carbocycles. The first kappa shape index (κ1) is 17.3. The molecule has 8 heteroatoms. The van der Waals surface area contributed by atoms with Gasteiger partial charge in [-0.25, -0.2) is 4.68 Å². The van der Waals surface area contributed by atoms with Gasteiger partial charge in [-0.15, -0.1) is 5.10 Å². The molecule has 1 aliphatic heterocycles. The Morgan fingerprint density at radius 2 is 1.96 bits per heavy atom. The van der Waals surface area contributed by atoms with Crippen molar-refractivity contribution in [2.24, 2.45) is 11.7 Å². The highest BCUT2D eigenvalue weighted by Gasteiger charge is 2.39. The smallest absolute Gasteiger partial charge is 0.229 e. The SMILES string of the molecule is C=C1Nc2nc(SCc3ccccc3)nn2[C@H](c2ccncc2)[C@H]1C(N)=O. The summed E-state index contributed by atoms with van der Waals surface area (Å²) in [4.78, 5) is 20.7. The summed E-state index contributed by atoms with van der Waals surface area (Å²) >= 11 is 1.53. The third kappa shape index (κ3) is 3.43. The van der Waals surface area contributed by atoms with Crippen LogP contribution in [0.2, 0.25) is 0 Å². The molecule has 136 valence electrons. The number of carbonyl (C=O) groups is 1. The average Bonchev–Trinajstić information content (AvgIpc) is 3.09. The number of fused-ring (bicyclic) bond motifs is 1. The van der Waals surface area contributed by atoms with E-state index in [4.69, 9.17) is 5.73 Å². The highest BCUT2D eigenvalue weighted by Crippen LogP contribution is 2.38. The van der Waals surface area contributed by atoms with E-state index in [1.54, 1.807) is 17.1 Å². The van der Waals surface area contributed by atoms with Gasteiger partial charge in [0.15, 0.2) is 0 Å². The van der Waals surface area contributed by atoms with E-state index in [1.807, 2.05) is 30.3 Å². The van der Waals surface area contributed by atoms with Crippen LogP contribution >= 0.6 is 11.8 Å². The van der Waals surface area contributed by atoms with Crippen LogP contribution < -0.4 is 11.1 Å². The van der Waals surface area contributed by atoms with Crippen LogP contribution in [0.3, 0.4) is 0 Å². The Morgan fingerprint density at radius 3 is 2.67 bits per heavy atom. The van der Waals surface area contributed by atoms with E-state index in [2.05, 4.69) is 39.1 Å². The zero-order valence-electron chi connectivity index (χ0n) is 14.4. The second kappa shape index (κ2) is 7.24. The van der Waals surface area contributed by atoms with Crippen LogP contribution in [-0.2, 0) is 10.5 Å². The average molecular weight is 378 g/mol. The van der Waals surface area contributed by atoms with Crippen molar-refractivity contribution in [3.8, 4) is 0 Å². The molecule has 4 rings (SSSR count). The summed E-state index contributed by atoms with van der Waals surface area (Å²) in [5.41, 5.74) is 8.24. The van der Waals surface area contributed by atoms with Gasteiger partial charge in [0.2, 0.25) is 17.0 Å². The summed E-state index contributed by atoms with van der Waals surface area (Å²) in [6, 6.07) is 13.4. The van der Waals surface area contributed by atoms with Crippen LogP contribution in [0.15, 0.2) is 72.3 Å². The maximum Gasteiger partial charge on any atom is 0.229 e. The van der Waals surface area contributed by atoms with Crippen molar-refractivity contribution in [3.63, 3.8) is 0 Å². The number of aromatic nitrogens is 4. The van der Waals surface area contributed by atoms with Gasteiger partial charge in [0.1, 0.15) is 5.92 Å². The van der Waals surface area contributed by atoms with Gasteiger partial charge < -0.3 is 11.1 Å². The lowest BCUT2D eigenvalue weighted by Gasteiger charge is -2.32. The van der Waals surface area contributed by atoms with Crippen molar-refractivity contribution in [1.29, 1.82) is 0 Å². The first-order valence-electron chi connectivity index (χ1n) is 8.42. The number of anilines is 1. The lowest BCUT2D eigenvalue weighted by atomic mass is 9.89. The fraction of sp³-hybridized carbons (Fsp3) is 0.158. The quantitative estimate of drug-likeness (QED) is 0.662. The Balaban J connectivity index is 1.68. The van der Waals surface area contributed by atoms with Crippen molar-refractivity contribution in [3.05, 3.63) is 78.3 Å². The van der Waals surface area contributed by atoms with E-state index < -0.39 is 17.9 Å². The third-order valence-electron chi connectivity index (χ3n) is 4.40. The Kier molecular flexibility index (Phi) is 4.64. The molecular formula is C19H18N6OS. The van der Waals surface area contributed by atoms with Crippen LogP contribution in [0.25, 0.3) is 0 Å². The summed E-state index contributed by atoms with van der Waals surface area (Å²) in [5.74, 6) is 0.210. The van der Waals surface area contributed by atoms with Gasteiger partial charge in [0.25, 0.3) is 0 Å². The number of pyridine rings is 1. The molecule has 3 N–H and O–H groups in total. The van der Waals surface area contributed by atoms with E-state index in [0.717, 1.165) is 11.3 Å². The highest BCUT2D eigenvalue weighted by atomic mass is 32.2. The fourth-order valence-electron chi connectivity index (χ4n) is 3.14. The van der Waals surface area contributed by atoms with Gasteiger partial charge in [-0.2, -0.15) is 4.98 Å². The lowest BCUT2D eigenvalue weighted by molar-refractivity contribution is -0.121. The first-order chi connectivity index (χ1) is 13.1. The molecule has 0 radical (unpaired) electrons. The molecule has 3 heterocycles. The molecule has 1 amide bonds. The van der Waals surface area contributed by atoms with Gasteiger partial charge in [0.05, 0.1) is 6.04 Å². The van der Waals surface area contributed by atoms with Crippen LogP contribution in [0.5, 0.6) is 0 Å². The molecule has 2 atom stereocenters. The van der Waals surface area contributed by atoms with Crippen LogP contribution in [-0.4, -0.2) is 25.7 Å². The zero-order chi connectivity index (χ0) is 18.8. The number of nitrogens with two attached hydrogens (primary N) is 1. The molecule has 1 aliphatic rings. The number of hydrogen-bond acceptors (Lipinski definition) is 6. The van der Waals surface area contributed by atoms with Crippen molar-refractivity contribution in [2.45, 2.75) is 17.0 Å². The second-order valence-electron chi connectivity index (χ2n) is 6.19. The largest absolute Gasteiger partial charge is 0.369 e. The summed E-state index contributed by atoms with van der Waals surface area (Å²) in [6.07, 6.45) is 3.36. The van der Waals surface area contributed by atoms with Crippen molar-refractivity contribution < 1.29 is 4.79 Å². The standard InChI is InChI=1S/C19H18N6OS/c1-12-15(17(20)26)16(14-7-9-21-10-8-14)25-18(22-12)23-19(24-25)27-11-13-5-3-2-4-6-13/h2-10,15-16H,1,11H2,(H2,20,26)(H,22,23,24)/t15-,16+/m0/s1. The van der Waals surface area contributed by atoms with E-state index >= 15 is 0 Å². The van der Waals surface area contributed by atoms with E-state index in [0.29, 0.717) is 16.8 Å². The monoisotopic (exact) mass is 378 g/mol. The van der Waals surface area contributed by atoms with Gasteiger partial charge in [-0.1, -0.05) is 48.7 Å². The third-order valence-corrected chi connectivity index (χ3v) is 5.31. The molecule has 0 unspecified atom stereocenters. The Hall–Kier alpha value is -3.13. The van der Waals surface area contributed by atoms with Gasteiger partial charge in [-0.3, -0.25) is 9.78 Å². The fourth-order valence-corrected chi connectivity index (χ4v) is 3.93. The minimum atomic E-state index is -0.631. The minimum absolute atomic E-state index is 0.409. The van der Waals surface area contributed by atoms with Crippen molar-refractivity contribution in [2.75, 3.05) is 5.32 Å². The summed E-state index contributed by atoms with van der Waals surface area (Å²) in [6.45, 7) is 3.98.